The first-order valence-corrected chi connectivity index (χ1v) is 7.46. The Morgan fingerprint density at radius 3 is 2.80 bits per heavy atom. The van der Waals surface area contributed by atoms with Crippen LogP contribution in [0.4, 0.5) is 0 Å². The van der Waals surface area contributed by atoms with Crippen LogP contribution in [-0.2, 0) is 4.79 Å². The number of nitrogens with zero attached hydrogens (tertiary/aromatic N) is 1. The largest absolute Gasteiger partial charge is 0.506 e. The van der Waals surface area contributed by atoms with E-state index in [-0.39, 0.29) is 16.7 Å². The summed E-state index contributed by atoms with van der Waals surface area (Å²) in [6, 6.07) is 2.96. The molecule has 1 heterocycles. The van der Waals surface area contributed by atoms with Crippen molar-refractivity contribution in [3.63, 3.8) is 0 Å². The van der Waals surface area contributed by atoms with Gasteiger partial charge in [0.15, 0.2) is 0 Å². The van der Waals surface area contributed by atoms with Gasteiger partial charge in [-0.05, 0) is 18.2 Å². The fourth-order valence-electron chi connectivity index (χ4n) is 1.62. The van der Waals surface area contributed by atoms with Crippen molar-refractivity contribution in [3.8, 4) is 5.75 Å². The minimum atomic E-state index is -0.226. The Hall–Kier alpha value is -1.01. The summed E-state index contributed by atoms with van der Waals surface area (Å²) in [4.78, 5) is 14.0. The first-order valence-electron chi connectivity index (χ1n) is 5.48. The van der Waals surface area contributed by atoms with Crippen molar-refractivity contribution in [2.24, 2.45) is 0 Å². The van der Waals surface area contributed by atoms with Gasteiger partial charge in [0.05, 0.1) is 9.93 Å². The fourth-order valence-corrected chi connectivity index (χ4v) is 3.40. The fraction of sp³-hybridized carbons (Fsp3) is 0.0769. The molecule has 7 heteroatoms. The second-order valence-electron chi connectivity index (χ2n) is 3.91. The Bertz CT molecular complexity index is 644. The third kappa shape index (κ3) is 3.01. The van der Waals surface area contributed by atoms with Gasteiger partial charge in [0.2, 0.25) is 0 Å². The van der Waals surface area contributed by atoms with E-state index in [1.54, 1.807) is 6.08 Å². The van der Waals surface area contributed by atoms with E-state index in [1.165, 1.54) is 23.1 Å². The zero-order valence-electron chi connectivity index (χ0n) is 10.1. The quantitative estimate of drug-likeness (QED) is 0.509. The molecule has 2 rings (SSSR count). The number of phenolic OH excluding ortho intramolecular Hbond substituents is 1. The highest BCUT2D eigenvalue weighted by molar-refractivity contribution is 8.26. The molecule has 0 bridgehead atoms. The molecule has 104 valence electrons. The Labute approximate surface area is 135 Å². The highest BCUT2D eigenvalue weighted by Gasteiger charge is 2.31. The van der Waals surface area contributed by atoms with Gasteiger partial charge < -0.3 is 5.11 Å². The lowest BCUT2D eigenvalue weighted by atomic mass is 10.2. The average molecular weight is 346 g/mol. The van der Waals surface area contributed by atoms with Crippen molar-refractivity contribution in [1.29, 1.82) is 0 Å². The zero-order valence-corrected chi connectivity index (χ0v) is 13.2. The van der Waals surface area contributed by atoms with E-state index >= 15 is 0 Å². The van der Waals surface area contributed by atoms with Crippen molar-refractivity contribution in [2.45, 2.75) is 0 Å². The number of hydrogen-bond donors (Lipinski definition) is 1. The van der Waals surface area contributed by atoms with Gasteiger partial charge >= 0.3 is 0 Å². The summed E-state index contributed by atoms with van der Waals surface area (Å²) in [6.07, 6.45) is 3.12. The monoisotopic (exact) mass is 345 g/mol. The summed E-state index contributed by atoms with van der Waals surface area (Å²) < 4.78 is 0.453. The van der Waals surface area contributed by atoms with Crippen LogP contribution in [0, 0.1) is 0 Å². The number of carbonyl (C=O) groups excluding carboxylic acids is 1. The number of thiocarbonyl (C=S) groups is 1. The van der Waals surface area contributed by atoms with Crippen molar-refractivity contribution >= 4 is 63.5 Å². The summed E-state index contributed by atoms with van der Waals surface area (Å²) in [5.74, 6) is -0.347. The minimum Gasteiger partial charge on any atom is -0.506 e. The van der Waals surface area contributed by atoms with Gasteiger partial charge in [-0.3, -0.25) is 9.69 Å². The smallest absolute Gasteiger partial charge is 0.266 e. The highest BCUT2D eigenvalue weighted by Crippen LogP contribution is 2.37. The van der Waals surface area contributed by atoms with E-state index in [4.69, 9.17) is 35.4 Å². The van der Waals surface area contributed by atoms with Crippen LogP contribution in [0.3, 0.4) is 0 Å². The Kier molecular flexibility index (Phi) is 4.75. The van der Waals surface area contributed by atoms with E-state index in [0.29, 0.717) is 26.4 Å². The zero-order chi connectivity index (χ0) is 14.9. The summed E-state index contributed by atoms with van der Waals surface area (Å²) in [5, 5.41) is 10.4. The number of phenols is 1. The van der Waals surface area contributed by atoms with Crippen molar-refractivity contribution in [1.82, 2.24) is 4.90 Å². The molecule has 1 aliphatic heterocycles. The number of carbonyl (C=O) groups is 1. The number of halogens is 2. The Balaban J connectivity index is 2.40. The molecule has 0 radical (unpaired) electrons. The average Bonchev–Trinajstić information content (AvgIpc) is 2.63. The summed E-state index contributed by atoms with van der Waals surface area (Å²) in [7, 11) is 0. The lowest BCUT2D eigenvalue weighted by molar-refractivity contribution is -0.121. The number of amides is 1. The van der Waals surface area contributed by atoms with Crippen LogP contribution in [0.5, 0.6) is 5.75 Å². The molecule has 0 atom stereocenters. The second kappa shape index (κ2) is 6.18. The second-order valence-corrected chi connectivity index (χ2v) is 6.43. The standard InChI is InChI=1S/C13H9Cl2NO2S2/c1-2-3-16-12(18)10(20-13(16)19)5-7-4-8(14)6-9(15)11(7)17/h2,4-6,17H,1,3H2/b10-5+. The Morgan fingerprint density at radius 1 is 1.45 bits per heavy atom. The summed E-state index contributed by atoms with van der Waals surface area (Å²) >= 11 is 18.0. The lowest BCUT2D eigenvalue weighted by Crippen LogP contribution is -2.27. The molecule has 0 aromatic heterocycles. The first kappa shape index (κ1) is 15.4. The van der Waals surface area contributed by atoms with Gasteiger partial charge in [0, 0.05) is 17.1 Å². The number of benzene rings is 1. The number of rotatable bonds is 3. The molecule has 0 aliphatic carbocycles. The predicted molar refractivity (Wildman–Crippen MR) is 88.2 cm³/mol. The van der Waals surface area contributed by atoms with Crippen molar-refractivity contribution in [3.05, 3.63) is 45.3 Å². The van der Waals surface area contributed by atoms with Crippen LogP contribution in [0.2, 0.25) is 10.0 Å². The molecule has 1 aliphatic rings. The number of hydrogen-bond acceptors (Lipinski definition) is 4. The van der Waals surface area contributed by atoms with Gasteiger partial charge in [-0.25, -0.2) is 0 Å². The van der Waals surface area contributed by atoms with Crippen molar-refractivity contribution in [2.75, 3.05) is 6.54 Å². The molecule has 1 N–H and O–H groups in total. The van der Waals surface area contributed by atoms with E-state index < -0.39 is 0 Å². The maximum absolute atomic E-state index is 12.1. The van der Waals surface area contributed by atoms with Crippen LogP contribution in [0.1, 0.15) is 5.56 Å². The molecule has 1 saturated heterocycles. The van der Waals surface area contributed by atoms with Crippen LogP contribution >= 0.6 is 47.2 Å². The van der Waals surface area contributed by atoms with Gasteiger partial charge in [-0.1, -0.05) is 53.3 Å². The SMILES string of the molecule is C=CCN1C(=O)/C(=C\c2cc(Cl)cc(Cl)c2O)SC1=S. The predicted octanol–water partition coefficient (Wildman–Crippen LogP) is 4.09. The first-order chi connectivity index (χ1) is 9.43. The topological polar surface area (TPSA) is 40.5 Å². The molecule has 1 fully saturated rings. The van der Waals surface area contributed by atoms with Crippen LogP contribution in [0.15, 0.2) is 29.7 Å². The lowest BCUT2D eigenvalue weighted by Gasteiger charge is -2.10. The molecule has 0 saturated carbocycles. The van der Waals surface area contributed by atoms with Gasteiger partial charge in [-0.2, -0.15) is 0 Å². The van der Waals surface area contributed by atoms with Gasteiger partial charge in [0.25, 0.3) is 5.91 Å². The van der Waals surface area contributed by atoms with E-state index in [0.717, 1.165) is 11.8 Å². The molecule has 20 heavy (non-hydrogen) atoms. The molecular formula is C13H9Cl2NO2S2. The van der Waals surface area contributed by atoms with Crippen LogP contribution in [0.25, 0.3) is 6.08 Å². The molecule has 1 aromatic rings. The van der Waals surface area contributed by atoms with Crippen molar-refractivity contribution < 1.29 is 9.90 Å². The number of thioether (sulfide) groups is 1. The molecule has 3 nitrogen and oxygen atoms in total. The van der Waals surface area contributed by atoms with E-state index in [2.05, 4.69) is 6.58 Å². The maximum Gasteiger partial charge on any atom is 0.266 e. The molecule has 0 spiro atoms. The molecule has 1 aromatic carbocycles. The molecule has 1 amide bonds. The van der Waals surface area contributed by atoms with Crippen LogP contribution < -0.4 is 0 Å². The Morgan fingerprint density at radius 2 is 2.15 bits per heavy atom. The summed E-state index contributed by atoms with van der Waals surface area (Å²) in [5.41, 5.74) is 0.376. The molecule has 0 unspecified atom stereocenters. The third-order valence-corrected chi connectivity index (χ3v) is 4.41. The summed E-state index contributed by atoms with van der Waals surface area (Å²) in [6.45, 7) is 3.93. The van der Waals surface area contributed by atoms with E-state index in [1.807, 2.05) is 0 Å². The highest BCUT2D eigenvalue weighted by atomic mass is 35.5. The van der Waals surface area contributed by atoms with Crippen LogP contribution in [-0.4, -0.2) is 26.8 Å². The van der Waals surface area contributed by atoms with Gasteiger partial charge in [-0.15, -0.1) is 6.58 Å². The minimum absolute atomic E-state index is 0.120. The maximum atomic E-state index is 12.1. The normalized spacial score (nSPS) is 17.1. The van der Waals surface area contributed by atoms with Gasteiger partial charge in [0.1, 0.15) is 10.1 Å². The third-order valence-electron chi connectivity index (χ3n) is 2.53. The number of aromatic hydroxyl groups is 1. The van der Waals surface area contributed by atoms with E-state index in [9.17, 15) is 9.90 Å². The molecular weight excluding hydrogens is 337 g/mol.